The summed E-state index contributed by atoms with van der Waals surface area (Å²) < 4.78 is 11.9. The monoisotopic (exact) mass is 567 g/mol. The molecule has 0 spiro atoms. The molecule has 1 unspecified atom stereocenters. The molecule has 6 rings (SSSR count). The number of esters is 1. The van der Waals surface area contributed by atoms with E-state index in [-0.39, 0.29) is 40.8 Å². The molecule has 2 aromatic rings. The largest absolute Gasteiger partial charge is 1.00 e. The zero-order valence-electron chi connectivity index (χ0n) is 20.1. The Morgan fingerprint density at radius 1 is 1.29 bits per heavy atom. The maximum absolute atomic E-state index is 13.5. The van der Waals surface area contributed by atoms with E-state index in [2.05, 4.69) is 10.5 Å². The van der Waals surface area contributed by atoms with Gasteiger partial charge in [-0.2, -0.15) is 11.3 Å². The van der Waals surface area contributed by atoms with Gasteiger partial charge in [-0.05, 0) is 29.7 Å². The van der Waals surface area contributed by atoms with E-state index < -0.39 is 11.6 Å². The van der Waals surface area contributed by atoms with Crippen LogP contribution in [0.1, 0.15) is 56.8 Å². The highest BCUT2D eigenvalue weighted by Crippen LogP contribution is 2.44. The first-order chi connectivity index (χ1) is 16.4. The number of rotatable bonds is 8. The van der Waals surface area contributed by atoms with Crippen molar-refractivity contribution in [3.8, 4) is 0 Å². The Labute approximate surface area is 220 Å². The van der Waals surface area contributed by atoms with Crippen molar-refractivity contribution in [2.24, 2.45) is 11.8 Å². The summed E-state index contributed by atoms with van der Waals surface area (Å²) in [5, 5.41) is 22.2. The van der Waals surface area contributed by atoms with Crippen LogP contribution in [0.25, 0.3) is 0 Å². The van der Waals surface area contributed by atoms with Gasteiger partial charge in [0, 0.05) is 42.7 Å². The highest BCUT2D eigenvalue weighted by atomic mass is 79.9. The average Bonchev–Trinajstić information content (AvgIpc) is 3.62. The molecule has 10 heteroatoms. The van der Waals surface area contributed by atoms with Crippen LogP contribution in [0, 0.1) is 11.8 Å². The molecule has 35 heavy (non-hydrogen) atoms. The molecule has 8 nitrogen and oxygen atoms in total. The van der Waals surface area contributed by atoms with Crippen LogP contribution >= 0.6 is 11.3 Å². The second kappa shape index (κ2) is 10.7. The van der Waals surface area contributed by atoms with E-state index in [4.69, 9.17) is 9.26 Å². The smallest absolute Gasteiger partial charge is 0.343 e. The van der Waals surface area contributed by atoms with Gasteiger partial charge in [-0.1, -0.05) is 24.9 Å². The normalized spacial score (nSPS) is 27.7. The van der Waals surface area contributed by atoms with Gasteiger partial charge in [-0.3, -0.25) is 4.79 Å². The number of carbonyl (C=O) groups is 2. The quantitative estimate of drug-likeness (QED) is 0.355. The number of piperidine rings is 3. The minimum atomic E-state index is -1.59. The molecule has 192 valence electrons. The Hall–Kier alpha value is -1.75. The number of fused-ring (bicyclic) bond motifs is 3. The summed E-state index contributed by atoms with van der Waals surface area (Å²) in [5.41, 5.74) is -0.938. The second-order valence-electron chi connectivity index (χ2n) is 10.3. The SMILES string of the molecule is CCc1cc(NC(=O)C[N+]23CCC(CC2)C(OC(=O)[C@](O)(c2ccsc2)C2CCCC2)C3)no1.[Br-]. The topological polar surface area (TPSA) is 102 Å². The minimum absolute atomic E-state index is 0. The van der Waals surface area contributed by atoms with Crippen molar-refractivity contribution in [2.75, 3.05) is 31.5 Å². The van der Waals surface area contributed by atoms with Crippen LogP contribution in [0.4, 0.5) is 5.82 Å². The molecule has 5 heterocycles. The summed E-state index contributed by atoms with van der Waals surface area (Å²) in [5.74, 6) is 0.710. The molecule has 2 bridgehead atoms. The Morgan fingerprint density at radius 2 is 2.03 bits per heavy atom. The van der Waals surface area contributed by atoms with Gasteiger partial charge in [0.15, 0.2) is 24.1 Å². The van der Waals surface area contributed by atoms with Crippen LogP contribution in [0.2, 0.25) is 0 Å². The number of carbonyl (C=O) groups excluding carboxylic acids is 2. The molecule has 2 N–H and O–H groups in total. The van der Waals surface area contributed by atoms with Crippen molar-refractivity contribution in [2.45, 2.75) is 63.6 Å². The van der Waals surface area contributed by atoms with E-state index in [1.807, 2.05) is 23.8 Å². The summed E-state index contributed by atoms with van der Waals surface area (Å²) in [4.78, 5) is 26.3. The summed E-state index contributed by atoms with van der Waals surface area (Å²) in [6, 6.07) is 3.59. The number of hydrogen-bond donors (Lipinski definition) is 2. The van der Waals surface area contributed by atoms with E-state index >= 15 is 0 Å². The molecular weight excluding hydrogens is 534 g/mol. The van der Waals surface area contributed by atoms with Crippen molar-refractivity contribution in [1.29, 1.82) is 0 Å². The second-order valence-corrected chi connectivity index (χ2v) is 11.0. The third-order valence-corrected chi connectivity index (χ3v) is 8.86. The zero-order chi connectivity index (χ0) is 23.8. The molecule has 0 aromatic carbocycles. The Kier molecular flexibility index (Phi) is 8.05. The number of halogens is 1. The fraction of sp³-hybridized carbons (Fsp3) is 0.640. The van der Waals surface area contributed by atoms with Gasteiger partial charge in [0.2, 0.25) is 0 Å². The first-order valence-electron chi connectivity index (χ1n) is 12.5. The van der Waals surface area contributed by atoms with Crippen LogP contribution in [0.5, 0.6) is 0 Å². The van der Waals surface area contributed by atoms with Gasteiger partial charge in [0.25, 0.3) is 5.91 Å². The molecular formula is C25H34BrN3O5S. The van der Waals surface area contributed by atoms with Crippen LogP contribution in [-0.2, 0) is 26.3 Å². The third kappa shape index (κ3) is 5.21. The number of aromatic nitrogens is 1. The summed E-state index contributed by atoms with van der Waals surface area (Å²) in [7, 11) is 0. The first kappa shape index (κ1) is 26.3. The van der Waals surface area contributed by atoms with Gasteiger partial charge in [0.1, 0.15) is 12.3 Å². The van der Waals surface area contributed by atoms with Gasteiger partial charge >= 0.3 is 5.97 Å². The molecule has 3 aliphatic heterocycles. The molecule has 1 amide bonds. The van der Waals surface area contributed by atoms with Crippen molar-refractivity contribution in [3.05, 3.63) is 34.2 Å². The highest BCUT2D eigenvalue weighted by molar-refractivity contribution is 7.08. The lowest BCUT2D eigenvalue weighted by Crippen LogP contribution is -3.00. The number of quaternary nitrogens is 1. The van der Waals surface area contributed by atoms with E-state index in [1.165, 1.54) is 11.3 Å². The first-order valence-corrected chi connectivity index (χ1v) is 13.4. The molecule has 1 saturated carbocycles. The van der Waals surface area contributed by atoms with Gasteiger partial charge < -0.3 is 41.1 Å². The number of aliphatic hydroxyl groups is 1. The maximum atomic E-state index is 13.5. The predicted molar refractivity (Wildman–Crippen MR) is 127 cm³/mol. The lowest BCUT2D eigenvalue weighted by Gasteiger charge is -2.51. The van der Waals surface area contributed by atoms with Crippen LogP contribution < -0.4 is 22.3 Å². The lowest BCUT2D eigenvalue weighted by atomic mass is 9.80. The van der Waals surface area contributed by atoms with E-state index in [0.29, 0.717) is 29.0 Å². The number of nitrogens with zero attached hydrogens (tertiary/aromatic N) is 2. The molecule has 4 aliphatic rings. The van der Waals surface area contributed by atoms with Crippen molar-refractivity contribution in [1.82, 2.24) is 5.16 Å². The fourth-order valence-electron chi connectivity index (χ4n) is 6.17. The van der Waals surface area contributed by atoms with E-state index in [9.17, 15) is 14.7 Å². The summed E-state index contributed by atoms with van der Waals surface area (Å²) in [6.07, 6.45) is 5.97. The van der Waals surface area contributed by atoms with Gasteiger partial charge in [-0.15, -0.1) is 0 Å². The number of nitrogens with one attached hydrogen (secondary N) is 1. The summed E-state index contributed by atoms with van der Waals surface area (Å²) in [6.45, 7) is 4.67. The number of thiophene rings is 1. The maximum Gasteiger partial charge on any atom is 0.343 e. The van der Waals surface area contributed by atoms with E-state index in [0.717, 1.165) is 63.8 Å². The zero-order valence-corrected chi connectivity index (χ0v) is 22.5. The Bertz CT molecular complexity index is 1010. The number of amides is 1. The molecule has 2 aromatic heterocycles. The van der Waals surface area contributed by atoms with Crippen molar-refractivity contribution < 1.29 is 45.4 Å². The molecule has 2 atom stereocenters. The number of aryl methyl sites for hydroxylation is 1. The van der Waals surface area contributed by atoms with Crippen molar-refractivity contribution >= 4 is 29.0 Å². The Morgan fingerprint density at radius 3 is 2.66 bits per heavy atom. The number of anilines is 1. The number of hydrogen-bond acceptors (Lipinski definition) is 7. The summed E-state index contributed by atoms with van der Waals surface area (Å²) >= 11 is 1.48. The van der Waals surface area contributed by atoms with Gasteiger partial charge in [-0.25, -0.2) is 4.79 Å². The van der Waals surface area contributed by atoms with Crippen LogP contribution in [-0.4, -0.2) is 58.9 Å². The van der Waals surface area contributed by atoms with Gasteiger partial charge in [0.05, 0.1) is 13.1 Å². The van der Waals surface area contributed by atoms with Crippen LogP contribution in [0.15, 0.2) is 27.4 Å². The van der Waals surface area contributed by atoms with Crippen LogP contribution in [0.3, 0.4) is 0 Å². The lowest BCUT2D eigenvalue weighted by molar-refractivity contribution is -0.939. The average molecular weight is 569 g/mol. The van der Waals surface area contributed by atoms with E-state index in [1.54, 1.807) is 6.07 Å². The minimum Gasteiger partial charge on any atom is -1.00 e. The van der Waals surface area contributed by atoms with Crippen molar-refractivity contribution in [3.63, 3.8) is 0 Å². The molecule has 1 aliphatic carbocycles. The molecule has 0 radical (unpaired) electrons. The molecule has 4 fully saturated rings. The fourth-order valence-corrected chi connectivity index (χ4v) is 6.88. The Balaban J connectivity index is 0.00000289. The molecule has 3 saturated heterocycles. The predicted octanol–water partition coefficient (Wildman–Crippen LogP) is 0.471. The highest BCUT2D eigenvalue weighted by Gasteiger charge is 2.53. The third-order valence-electron chi connectivity index (χ3n) is 8.17. The number of ether oxygens (including phenoxy) is 1. The standard InChI is InChI=1S/C25H33N3O5S.BrH/c1-2-20-13-22(27-33-20)26-23(29)15-28-10-7-17(8-11-28)21(14-28)32-24(30)25(31,18-5-3-4-6-18)19-9-12-34-16-19;/h9,12-13,16-18,21,31H,2-8,10-11,14-15H2,1H3;1H/t17?,21?,25-,28?;/m1./s1.